The fourth-order valence-corrected chi connectivity index (χ4v) is 2.52. The summed E-state index contributed by atoms with van der Waals surface area (Å²) in [6.45, 7) is 76.6. The van der Waals surface area contributed by atoms with Crippen LogP contribution in [0.3, 0.4) is 0 Å². The van der Waals surface area contributed by atoms with Gasteiger partial charge < -0.3 is 23.7 Å². The van der Waals surface area contributed by atoms with Crippen molar-refractivity contribution in [1.29, 1.82) is 0 Å². The van der Waals surface area contributed by atoms with Crippen LogP contribution in [0.1, 0.15) is 268 Å². The number of hydrogen-bond acceptors (Lipinski definition) is 5. The van der Waals surface area contributed by atoms with Crippen molar-refractivity contribution in [2.45, 2.75) is 310 Å². The lowest BCUT2D eigenvalue weighted by Crippen LogP contribution is -2.23. The largest absolute Gasteiger partial charge is 0.382 e. The van der Waals surface area contributed by atoms with Crippen LogP contribution in [0.25, 0.3) is 0 Å². The molecule has 0 rings (SSSR count). The van der Waals surface area contributed by atoms with Crippen LogP contribution in [-0.2, 0) is 23.7 Å². The highest BCUT2D eigenvalue weighted by molar-refractivity contribution is 4.64. The maximum absolute atomic E-state index is 5.44. The fraction of sp³-hybridized carbons (Fsp3) is 1.00. The number of ether oxygens (including phenoxy) is 5. The molecule has 0 saturated carbocycles. The van der Waals surface area contributed by atoms with Gasteiger partial charge in [-0.1, -0.05) is 151 Å². The molecule has 0 aliphatic heterocycles. The van der Waals surface area contributed by atoms with Gasteiger partial charge in [0.05, 0.1) is 42.2 Å². The van der Waals surface area contributed by atoms with Crippen LogP contribution in [0.5, 0.6) is 0 Å². The summed E-state index contributed by atoms with van der Waals surface area (Å²) in [5.74, 6) is 5.12. The van der Waals surface area contributed by atoms with E-state index >= 15 is 0 Å². The molecule has 0 bridgehead atoms. The molecule has 0 saturated heterocycles. The Bertz CT molecular complexity index is 643. The maximum atomic E-state index is 5.44. The average molecular weight is 886 g/mol. The van der Waals surface area contributed by atoms with E-state index in [4.69, 9.17) is 23.7 Å². The molecule has 0 unspecified atom stereocenters. The second-order valence-electron chi connectivity index (χ2n) is 21.9. The van der Waals surface area contributed by atoms with E-state index in [1.165, 1.54) is 19.3 Å². The summed E-state index contributed by atoms with van der Waals surface area (Å²) in [6, 6.07) is 0. The quantitative estimate of drug-likeness (QED) is 0.184. The van der Waals surface area contributed by atoms with E-state index in [1.807, 2.05) is 76.2 Å². The van der Waals surface area contributed by atoms with Crippen molar-refractivity contribution in [3.05, 3.63) is 0 Å². The van der Waals surface area contributed by atoms with Gasteiger partial charge in [-0.05, 0) is 158 Å². The second-order valence-corrected chi connectivity index (χ2v) is 21.9. The van der Waals surface area contributed by atoms with E-state index in [2.05, 4.69) is 166 Å². The number of methoxy groups -OCH3 is 1. The molecule has 0 amide bonds. The van der Waals surface area contributed by atoms with Gasteiger partial charge in [0, 0.05) is 20.3 Å². The molecule has 0 aromatic rings. The van der Waals surface area contributed by atoms with Gasteiger partial charge in [-0.2, -0.15) is 0 Å². The van der Waals surface area contributed by atoms with Gasteiger partial charge in [0.15, 0.2) is 0 Å². The smallest absolute Gasteiger partial charge is 0.0601 e. The first-order chi connectivity index (χ1) is 27.2. The molecule has 5 nitrogen and oxygen atoms in total. The van der Waals surface area contributed by atoms with Crippen LogP contribution >= 0.6 is 0 Å². The van der Waals surface area contributed by atoms with Crippen LogP contribution in [0, 0.1) is 40.9 Å². The van der Waals surface area contributed by atoms with Crippen molar-refractivity contribution in [3.8, 4) is 0 Å². The predicted octanol–water partition coefficient (Wildman–Crippen LogP) is 19.5. The summed E-state index contributed by atoms with van der Waals surface area (Å²) in [7, 11) is 1.70. The normalized spacial score (nSPS) is 10.8. The zero-order chi connectivity index (χ0) is 51.7. The Morgan fingerprint density at radius 3 is 0.721 bits per heavy atom. The topological polar surface area (TPSA) is 46.2 Å². The van der Waals surface area contributed by atoms with E-state index < -0.39 is 0 Å². The van der Waals surface area contributed by atoms with Gasteiger partial charge in [0.25, 0.3) is 0 Å². The van der Waals surface area contributed by atoms with Gasteiger partial charge in [0.2, 0.25) is 0 Å². The van der Waals surface area contributed by atoms with E-state index in [0.717, 1.165) is 55.1 Å². The Balaban J connectivity index is -0.0000000595. The average Bonchev–Trinajstić information content (AvgIpc) is 3.03. The Kier molecular flexibility index (Phi) is 82.6. The molecule has 0 aliphatic carbocycles. The second kappa shape index (κ2) is 59.8. The minimum atomic E-state index is 0.0220. The Morgan fingerprint density at radius 2 is 0.705 bits per heavy atom. The van der Waals surface area contributed by atoms with Crippen molar-refractivity contribution >= 4 is 0 Å². The predicted molar refractivity (Wildman–Crippen MR) is 287 cm³/mol. The van der Waals surface area contributed by atoms with Crippen molar-refractivity contribution in [2.75, 3.05) is 20.3 Å². The standard InChI is InChI=1S/C7H16O.C7H16.2C6H14O.2C6H14.C5H12O.C5H12.C4H10O.C4H10/c1-6(2)8-7(3,4)5;1-6(2)7(3,4)5;1-5(2)7-6(3)4;1-4-5-7-6(2)3;1-5(2)6(3)4;1-4-5-6(2)3;1-4-6-5(2)3;1-4-5(2)3;1-4(2)5-3;1-4(2)3/h6H,1-5H3;6H,1-5H3;5-6H,1-4H3;6H,4-5H2,1-3H3;5-6H,1-4H3;6H,4-5H2,1-3H3;5H,4H2,1-3H3;5H,4H2,1-3H3;4H,1-3H3;4H,1-3H3. The van der Waals surface area contributed by atoms with Gasteiger partial charge in [-0.3, -0.25) is 0 Å². The van der Waals surface area contributed by atoms with Gasteiger partial charge >= 0.3 is 0 Å². The van der Waals surface area contributed by atoms with Crippen LogP contribution in [0.2, 0.25) is 0 Å². The summed E-state index contributed by atoms with van der Waals surface area (Å²) >= 11 is 0. The summed E-state index contributed by atoms with van der Waals surface area (Å²) in [5.41, 5.74) is 0.522. The van der Waals surface area contributed by atoms with Gasteiger partial charge in [0.1, 0.15) is 0 Å². The van der Waals surface area contributed by atoms with Gasteiger partial charge in [-0.15, -0.1) is 0 Å². The first-order valence-corrected chi connectivity index (χ1v) is 25.3. The molecular formula is C56H132O5. The Hall–Kier alpha value is -0.200. The lowest BCUT2D eigenvalue weighted by atomic mass is 9.84. The lowest BCUT2D eigenvalue weighted by molar-refractivity contribution is -0.0424. The zero-order valence-electron chi connectivity index (χ0n) is 50.2. The third-order valence-electron chi connectivity index (χ3n) is 7.51. The highest BCUT2D eigenvalue weighted by Crippen LogP contribution is 2.23. The highest BCUT2D eigenvalue weighted by atomic mass is 16.5. The molecule has 386 valence electrons. The fourth-order valence-electron chi connectivity index (χ4n) is 2.52. The minimum absolute atomic E-state index is 0.0220. The Morgan fingerprint density at radius 1 is 0.410 bits per heavy atom. The Labute approximate surface area is 393 Å². The van der Waals surface area contributed by atoms with Crippen molar-refractivity contribution in [2.24, 2.45) is 40.9 Å². The minimum Gasteiger partial charge on any atom is -0.382 e. The lowest BCUT2D eigenvalue weighted by Gasteiger charge is -2.22. The van der Waals surface area contributed by atoms with Crippen LogP contribution in [-0.4, -0.2) is 62.5 Å². The number of rotatable bonds is 13. The summed E-state index contributed by atoms with van der Waals surface area (Å²) in [4.78, 5) is 0. The highest BCUT2D eigenvalue weighted by Gasteiger charge is 2.13. The molecular weight excluding hydrogens is 753 g/mol. The summed E-state index contributed by atoms with van der Waals surface area (Å²) < 4.78 is 25.7. The molecule has 61 heavy (non-hydrogen) atoms. The zero-order valence-corrected chi connectivity index (χ0v) is 50.2. The molecule has 0 aliphatic rings. The SMILES string of the molecule is CC(C)C.CC(C)C(C)(C)C.CC(C)C(C)C.CC(C)OC(C)(C)C.CC(C)OC(C)C.CCC(C)C.CCCC(C)C.CCCOC(C)C.CCOC(C)C.COC(C)C. The number of hydrogen-bond donors (Lipinski definition) is 0. The first kappa shape index (κ1) is 84.3. The summed E-state index contributed by atoms with van der Waals surface area (Å²) in [6.07, 6.45) is 7.41. The van der Waals surface area contributed by atoms with Crippen LogP contribution in [0.4, 0.5) is 0 Å². The van der Waals surface area contributed by atoms with Crippen LogP contribution < -0.4 is 0 Å². The van der Waals surface area contributed by atoms with Crippen molar-refractivity contribution in [1.82, 2.24) is 0 Å². The van der Waals surface area contributed by atoms with Crippen molar-refractivity contribution in [3.63, 3.8) is 0 Å². The molecule has 0 N–H and O–H groups in total. The third-order valence-corrected chi connectivity index (χ3v) is 7.51. The molecule has 0 aromatic heterocycles. The molecule has 0 spiro atoms. The van der Waals surface area contributed by atoms with E-state index in [0.29, 0.717) is 42.0 Å². The first-order valence-electron chi connectivity index (χ1n) is 25.3. The molecule has 0 heterocycles. The van der Waals surface area contributed by atoms with Gasteiger partial charge in [-0.25, -0.2) is 0 Å². The monoisotopic (exact) mass is 885 g/mol. The van der Waals surface area contributed by atoms with Crippen molar-refractivity contribution < 1.29 is 23.7 Å². The molecule has 5 heteroatoms. The third kappa shape index (κ3) is 186. The van der Waals surface area contributed by atoms with E-state index in [-0.39, 0.29) is 5.60 Å². The maximum Gasteiger partial charge on any atom is 0.0601 e. The molecule has 0 aromatic carbocycles. The summed E-state index contributed by atoms with van der Waals surface area (Å²) in [5, 5.41) is 0. The van der Waals surface area contributed by atoms with Crippen LogP contribution in [0.15, 0.2) is 0 Å². The molecule has 0 fully saturated rings. The molecule has 0 radical (unpaired) electrons. The molecule has 0 atom stereocenters. The van der Waals surface area contributed by atoms with E-state index in [1.54, 1.807) is 7.11 Å². The van der Waals surface area contributed by atoms with E-state index in [9.17, 15) is 0 Å².